The maximum absolute atomic E-state index is 5.50. The third-order valence-corrected chi connectivity index (χ3v) is 6.19. The molecule has 0 saturated carbocycles. The van der Waals surface area contributed by atoms with Gasteiger partial charge in [0, 0.05) is 64.2 Å². The minimum atomic E-state index is 0. The molecule has 1 unspecified atom stereocenters. The van der Waals surface area contributed by atoms with Crippen molar-refractivity contribution in [2.75, 3.05) is 59.5 Å². The van der Waals surface area contributed by atoms with Crippen LogP contribution in [0.25, 0.3) is 0 Å². The minimum absolute atomic E-state index is 0. The number of piperazine rings is 1. The molecule has 2 saturated heterocycles. The van der Waals surface area contributed by atoms with E-state index in [0.29, 0.717) is 0 Å². The van der Waals surface area contributed by atoms with E-state index in [9.17, 15) is 0 Å². The maximum atomic E-state index is 5.50. The average Bonchev–Trinajstić information content (AvgIpc) is 3.22. The first-order valence-electron chi connectivity index (χ1n) is 9.34. The van der Waals surface area contributed by atoms with Gasteiger partial charge in [0.25, 0.3) is 0 Å². The van der Waals surface area contributed by atoms with Gasteiger partial charge in [-0.3, -0.25) is 9.89 Å². The molecule has 3 rings (SSSR count). The molecule has 1 atom stereocenters. The van der Waals surface area contributed by atoms with E-state index in [1.165, 1.54) is 23.5 Å². The fourth-order valence-corrected chi connectivity index (χ4v) is 4.60. The van der Waals surface area contributed by atoms with Crippen LogP contribution in [0.4, 0.5) is 0 Å². The summed E-state index contributed by atoms with van der Waals surface area (Å²) in [6.45, 7) is 12.5. The Kier molecular flexibility index (Phi) is 9.05. The highest BCUT2D eigenvalue weighted by Crippen LogP contribution is 2.17. The molecule has 2 fully saturated rings. The van der Waals surface area contributed by atoms with Crippen LogP contribution in [0.2, 0.25) is 0 Å². The summed E-state index contributed by atoms with van der Waals surface area (Å²) in [6.07, 6.45) is 2.23. The molecule has 2 aliphatic rings. The zero-order chi connectivity index (χ0) is 17.6. The highest BCUT2D eigenvalue weighted by molar-refractivity contribution is 14.0. The minimum Gasteiger partial charge on any atom is -0.381 e. The van der Waals surface area contributed by atoms with Crippen LogP contribution in [0.15, 0.2) is 4.99 Å². The van der Waals surface area contributed by atoms with E-state index in [1.807, 2.05) is 7.05 Å². The monoisotopic (exact) mass is 493 g/mol. The lowest BCUT2D eigenvalue weighted by atomic mass is 10.1. The molecule has 0 aliphatic carbocycles. The van der Waals surface area contributed by atoms with Gasteiger partial charge in [-0.05, 0) is 26.2 Å². The predicted molar refractivity (Wildman–Crippen MR) is 119 cm³/mol. The number of aliphatic imine (C=N–C) groups is 1. The summed E-state index contributed by atoms with van der Waals surface area (Å²) < 4.78 is 5.50. The second kappa shape index (κ2) is 10.8. The lowest BCUT2D eigenvalue weighted by Crippen LogP contribution is -2.53. The zero-order valence-electron chi connectivity index (χ0n) is 16.2. The quantitative estimate of drug-likeness (QED) is 0.387. The molecule has 148 valence electrons. The summed E-state index contributed by atoms with van der Waals surface area (Å²) in [5.74, 6) is 1.76. The van der Waals surface area contributed by atoms with E-state index < -0.39 is 0 Å². The van der Waals surface area contributed by atoms with E-state index in [-0.39, 0.29) is 24.0 Å². The molecule has 0 aromatic carbocycles. The van der Waals surface area contributed by atoms with Crippen molar-refractivity contribution in [2.45, 2.75) is 26.7 Å². The summed E-state index contributed by atoms with van der Waals surface area (Å²) in [6, 6.07) is 0. The van der Waals surface area contributed by atoms with Gasteiger partial charge in [-0.25, -0.2) is 4.98 Å². The molecule has 1 aromatic heterocycles. The standard InChI is InChI=1S/C18H31N5OS.HI/c1-14-17(25-15(2)21-14)4-6-20-18(19-3)23-9-7-22(8-10-23)12-16-5-11-24-13-16;/h16H,4-13H2,1-3H3,(H,19,20);1H. The van der Waals surface area contributed by atoms with Gasteiger partial charge in [0.15, 0.2) is 5.96 Å². The third-order valence-electron chi connectivity index (χ3n) is 5.06. The van der Waals surface area contributed by atoms with Crippen molar-refractivity contribution in [3.05, 3.63) is 15.6 Å². The van der Waals surface area contributed by atoms with Gasteiger partial charge in [0.1, 0.15) is 0 Å². The number of nitrogens with one attached hydrogen (secondary N) is 1. The lowest BCUT2D eigenvalue weighted by Gasteiger charge is -2.37. The largest absolute Gasteiger partial charge is 0.381 e. The Morgan fingerprint density at radius 2 is 2.08 bits per heavy atom. The zero-order valence-corrected chi connectivity index (χ0v) is 19.3. The first-order chi connectivity index (χ1) is 12.2. The Bertz CT molecular complexity index is 580. The van der Waals surface area contributed by atoms with Crippen LogP contribution >= 0.6 is 35.3 Å². The fourth-order valence-electron chi connectivity index (χ4n) is 3.66. The first-order valence-corrected chi connectivity index (χ1v) is 10.2. The molecule has 6 nitrogen and oxygen atoms in total. The van der Waals surface area contributed by atoms with E-state index in [1.54, 1.807) is 11.3 Å². The van der Waals surface area contributed by atoms with Gasteiger partial charge in [-0.1, -0.05) is 0 Å². The van der Waals surface area contributed by atoms with Gasteiger partial charge in [-0.2, -0.15) is 0 Å². The number of ether oxygens (including phenoxy) is 1. The van der Waals surface area contributed by atoms with Crippen molar-refractivity contribution in [3.63, 3.8) is 0 Å². The highest BCUT2D eigenvalue weighted by atomic mass is 127. The summed E-state index contributed by atoms with van der Waals surface area (Å²) in [5, 5.41) is 4.68. The number of rotatable bonds is 5. The maximum Gasteiger partial charge on any atom is 0.193 e. The van der Waals surface area contributed by atoms with Gasteiger partial charge in [0.05, 0.1) is 17.3 Å². The molecule has 0 radical (unpaired) electrons. The van der Waals surface area contributed by atoms with E-state index in [2.05, 4.69) is 38.9 Å². The van der Waals surface area contributed by atoms with E-state index in [0.717, 1.165) is 69.2 Å². The molecule has 3 heterocycles. The van der Waals surface area contributed by atoms with Crippen molar-refractivity contribution < 1.29 is 4.74 Å². The number of thiazole rings is 1. The van der Waals surface area contributed by atoms with E-state index >= 15 is 0 Å². The van der Waals surface area contributed by atoms with Gasteiger partial charge >= 0.3 is 0 Å². The number of guanidine groups is 1. The second-order valence-corrected chi connectivity index (χ2v) is 8.27. The van der Waals surface area contributed by atoms with Crippen LogP contribution in [0.1, 0.15) is 22.0 Å². The Morgan fingerprint density at radius 1 is 1.31 bits per heavy atom. The third kappa shape index (κ3) is 6.03. The van der Waals surface area contributed by atoms with Crippen LogP contribution in [0.3, 0.4) is 0 Å². The molecule has 8 heteroatoms. The fraction of sp³-hybridized carbons (Fsp3) is 0.778. The molecule has 1 N–H and O–H groups in total. The van der Waals surface area contributed by atoms with E-state index in [4.69, 9.17) is 4.74 Å². The van der Waals surface area contributed by atoms with Crippen molar-refractivity contribution in [1.29, 1.82) is 0 Å². The van der Waals surface area contributed by atoms with Crippen LogP contribution in [0, 0.1) is 19.8 Å². The summed E-state index contributed by atoms with van der Waals surface area (Å²) in [4.78, 5) is 15.3. The van der Waals surface area contributed by atoms with Crippen molar-refractivity contribution in [3.8, 4) is 0 Å². The van der Waals surface area contributed by atoms with Crippen LogP contribution < -0.4 is 5.32 Å². The molecule has 0 amide bonds. The van der Waals surface area contributed by atoms with Crippen molar-refractivity contribution in [2.24, 2.45) is 10.9 Å². The Labute approximate surface area is 178 Å². The number of nitrogens with zero attached hydrogens (tertiary/aromatic N) is 4. The van der Waals surface area contributed by atoms with Crippen LogP contribution in [-0.2, 0) is 11.2 Å². The van der Waals surface area contributed by atoms with Crippen molar-refractivity contribution >= 4 is 41.3 Å². The van der Waals surface area contributed by atoms with Crippen LogP contribution in [-0.4, -0.2) is 80.3 Å². The molecule has 0 bridgehead atoms. The lowest BCUT2D eigenvalue weighted by molar-refractivity contribution is 0.139. The number of aromatic nitrogens is 1. The molecule has 1 aromatic rings. The summed E-state index contributed by atoms with van der Waals surface area (Å²) >= 11 is 1.80. The van der Waals surface area contributed by atoms with Gasteiger partial charge < -0.3 is 15.0 Å². The highest BCUT2D eigenvalue weighted by Gasteiger charge is 2.23. The Morgan fingerprint density at radius 3 is 2.65 bits per heavy atom. The molecule has 26 heavy (non-hydrogen) atoms. The predicted octanol–water partition coefficient (Wildman–Crippen LogP) is 2.15. The van der Waals surface area contributed by atoms with Crippen LogP contribution in [0.5, 0.6) is 0 Å². The number of halogens is 1. The van der Waals surface area contributed by atoms with Gasteiger partial charge in [-0.15, -0.1) is 35.3 Å². The average molecular weight is 493 g/mol. The molecular weight excluding hydrogens is 461 g/mol. The molecular formula is C18H32IN5OS. The second-order valence-electron chi connectivity index (χ2n) is 6.98. The van der Waals surface area contributed by atoms with Gasteiger partial charge in [0.2, 0.25) is 0 Å². The number of hydrogen-bond acceptors (Lipinski definition) is 5. The molecule has 0 spiro atoms. The summed E-state index contributed by atoms with van der Waals surface area (Å²) in [5.41, 5.74) is 1.17. The SMILES string of the molecule is CN=C(NCCc1sc(C)nc1C)N1CCN(CC2CCOC2)CC1.I. The molecule has 2 aliphatic heterocycles. The first kappa shape index (κ1) is 21.8. The smallest absolute Gasteiger partial charge is 0.193 e. The Hall–Kier alpha value is -0.450. The number of aryl methyl sites for hydroxylation is 2. The summed E-state index contributed by atoms with van der Waals surface area (Å²) in [7, 11) is 1.88. The van der Waals surface area contributed by atoms with Crippen molar-refractivity contribution in [1.82, 2.24) is 20.1 Å². The number of hydrogen-bond donors (Lipinski definition) is 1. The normalized spacial score (nSPS) is 21.7. The Balaban J connectivity index is 0.00000243. The topological polar surface area (TPSA) is 53.0 Å².